The highest BCUT2D eigenvalue weighted by atomic mass is 32.2. The van der Waals surface area contributed by atoms with E-state index in [1.165, 1.54) is 17.3 Å². The normalized spacial score (nSPS) is 12.0. The Labute approximate surface area is 154 Å². The summed E-state index contributed by atoms with van der Waals surface area (Å²) < 4.78 is 5.64. The summed E-state index contributed by atoms with van der Waals surface area (Å²) in [5.74, 6) is 0.788. The lowest BCUT2D eigenvalue weighted by molar-refractivity contribution is 0.118. The van der Waals surface area contributed by atoms with E-state index in [0.717, 1.165) is 36.3 Å². The van der Waals surface area contributed by atoms with Crippen LogP contribution in [0.1, 0.15) is 36.5 Å². The van der Waals surface area contributed by atoms with Crippen LogP contribution in [0.2, 0.25) is 0 Å². The van der Waals surface area contributed by atoms with Gasteiger partial charge in [-0.1, -0.05) is 73.6 Å². The number of nitrogens with two attached hydrogens (primary N) is 1. The molecule has 0 radical (unpaired) electrons. The molecule has 0 amide bonds. The van der Waals surface area contributed by atoms with Crippen LogP contribution in [0.25, 0.3) is 0 Å². The zero-order chi connectivity index (χ0) is 17.7. The molecule has 0 saturated carbocycles. The van der Waals surface area contributed by atoms with E-state index < -0.39 is 0 Å². The fourth-order valence-electron chi connectivity index (χ4n) is 2.11. The van der Waals surface area contributed by atoms with E-state index in [4.69, 9.17) is 10.5 Å². The molecule has 0 aliphatic heterocycles. The Hall–Kier alpha value is -2.11. The quantitative estimate of drug-likeness (QED) is 0.310. The molecule has 0 aliphatic carbocycles. The highest BCUT2D eigenvalue weighted by molar-refractivity contribution is 8.13. The van der Waals surface area contributed by atoms with E-state index >= 15 is 0 Å². The van der Waals surface area contributed by atoms with Gasteiger partial charge in [-0.3, -0.25) is 0 Å². The second-order valence-corrected chi connectivity index (χ2v) is 6.60. The predicted octanol–water partition coefficient (Wildman–Crippen LogP) is 4.59. The Bertz CT molecular complexity index is 686. The van der Waals surface area contributed by atoms with Gasteiger partial charge in [-0.15, -0.1) is 5.10 Å². The lowest BCUT2D eigenvalue weighted by atomic mass is 10.1. The van der Waals surface area contributed by atoms with Crippen molar-refractivity contribution < 1.29 is 4.74 Å². The van der Waals surface area contributed by atoms with Gasteiger partial charge in [0.05, 0.1) is 12.8 Å². The molecule has 0 unspecified atom stereocenters. The van der Waals surface area contributed by atoms with Crippen LogP contribution in [0.4, 0.5) is 0 Å². The van der Waals surface area contributed by atoms with Gasteiger partial charge in [-0.25, -0.2) is 0 Å². The Morgan fingerprint density at radius 2 is 1.92 bits per heavy atom. The van der Waals surface area contributed by atoms with Crippen molar-refractivity contribution in [1.29, 1.82) is 0 Å². The van der Waals surface area contributed by atoms with Crippen molar-refractivity contribution >= 4 is 23.1 Å². The fourth-order valence-corrected chi connectivity index (χ4v) is 2.72. The first-order chi connectivity index (χ1) is 12.3. The van der Waals surface area contributed by atoms with E-state index in [2.05, 4.69) is 41.4 Å². The van der Waals surface area contributed by atoms with Crippen LogP contribution in [-0.4, -0.2) is 18.0 Å². The van der Waals surface area contributed by atoms with E-state index in [0.29, 0.717) is 11.8 Å². The third kappa shape index (κ3) is 8.01. The third-order valence-corrected chi connectivity index (χ3v) is 4.31. The first-order valence-electron chi connectivity index (χ1n) is 8.48. The number of nitrogens with zero attached hydrogens (tertiary/aromatic N) is 2. The van der Waals surface area contributed by atoms with Crippen LogP contribution in [-0.2, 0) is 17.1 Å². The monoisotopic (exact) mass is 355 g/mol. The summed E-state index contributed by atoms with van der Waals surface area (Å²) >= 11 is 1.48. The van der Waals surface area contributed by atoms with Crippen molar-refractivity contribution in [2.75, 3.05) is 6.61 Å². The maximum atomic E-state index is 5.89. The van der Waals surface area contributed by atoms with E-state index in [1.54, 1.807) is 6.21 Å². The molecule has 2 rings (SSSR count). The Kier molecular flexibility index (Phi) is 8.80. The zero-order valence-corrected chi connectivity index (χ0v) is 15.4. The molecule has 0 bridgehead atoms. The van der Waals surface area contributed by atoms with Gasteiger partial charge in [0.15, 0.2) is 5.17 Å². The molecule has 2 aromatic carbocycles. The lowest BCUT2D eigenvalue weighted by Gasteiger charge is -2.04. The molecule has 5 heteroatoms. The summed E-state index contributed by atoms with van der Waals surface area (Å²) in [5.41, 5.74) is 9.22. The van der Waals surface area contributed by atoms with Crippen LogP contribution in [0, 0.1) is 0 Å². The molecule has 2 aromatic rings. The molecule has 0 heterocycles. The summed E-state index contributed by atoms with van der Waals surface area (Å²) in [5, 5.41) is 8.58. The van der Waals surface area contributed by atoms with Gasteiger partial charge in [0.2, 0.25) is 0 Å². The molecular weight excluding hydrogens is 330 g/mol. The second kappa shape index (κ2) is 11.4. The molecular formula is C20H25N3OS. The van der Waals surface area contributed by atoms with Crippen molar-refractivity contribution in [2.24, 2.45) is 15.9 Å². The smallest absolute Gasteiger partial charge is 0.180 e. The molecule has 0 saturated heterocycles. The number of unbranched alkanes of at least 4 members (excludes halogenated alkanes) is 1. The molecule has 0 fully saturated rings. The van der Waals surface area contributed by atoms with Crippen LogP contribution in [0.15, 0.2) is 64.8 Å². The summed E-state index contributed by atoms with van der Waals surface area (Å²) in [6, 6.07) is 18.3. The zero-order valence-electron chi connectivity index (χ0n) is 14.6. The van der Waals surface area contributed by atoms with Crippen LogP contribution in [0.3, 0.4) is 0 Å². The summed E-state index contributed by atoms with van der Waals surface area (Å²) in [6.07, 6.45) is 3.95. The summed E-state index contributed by atoms with van der Waals surface area (Å²) in [6.45, 7) is 3.58. The highest BCUT2D eigenvalue weighted by Crippen LogP contribution is 2.11. The topological polar surface area (TPSA) is 60.0 Å². The number of ether oxygens (including phenoxy) is 1. The number of hydrogen-bond acceptors (Lipinski definition) is 4. The Morgan fingerprint density at radius 3 is 2.72 bits per heavy atom. The van der Waals surface area contributed by atoms with Crippen molar-refractivity contribution in [3.05, 3.63) is 71.3 Å². The number of amidine groups is 1. The largest absolute Gasteiger partial charge is 0.377 e. The second-order valence-electron chi connectivity index (χ2n) is 5.61. The summed E-state index contributed by atoms with van der Waals surface area (Å²) in [7, 11) is 0. The van der Waals surface area contributed by atoms with Gasteiger partial charge < -0.3 is 10.5 Å². The highest BCUT2D eigenvalue weighted by Gasteiger charge is 1.97. The molecule has 4 nitrogen and oxygen atoms in total. The number of hydrogen-bond donors (Lipinski definition) is 1. The van der Waals surface area contributed by atoms with E-state index in [1.807, 2.05) is 30.3 Å². The molecule has 0 aliphatic rings. The van der Waals surface area contributed by atoms with Crippen molar-refractivity contribution in [3.8, 4) is 0 Å². The van der Waals surface area contributed by atoms with Gasteiger partial charge in [-0.05, 0) is 29.2 Å². The van der Waals surface area contributed by atoms with Gasteiger partial charge in [0.1, 0.15) is 0 Å². The number of thioether (sulfide) groups is 1. The fraction of sp³-hybridized carbons (Fsp3) is 0.300. The molecule has 0 spiro atoms. The van der Waals surface area contributed by atoms with Crippen molar-refractivity contribution in [3.63, 3.8) is 0 Å². The van der Waals surface area contributed by atoms with Gasteiger partial charge >= 0.3 is 0 Å². The van der Waals surface area contributed by atoms with Crippen molar-refractivity contribution in [2.45, 2.75) is 32.1 Å². The van der Waals surface area contributed by atoms with E-state index in [9.17, 15) is 0 Å². The number of rotatable bonds is 9. The molecule has 0 aromatic heterocycles. The van der Waals surface area contributed by atoms with Crippen LogP contribution < -0.4 is 5.73 Å². The molecule has 25 heavy (non-hydrogen) atoms. The first kappa shape index (κ1) is 19.2. The van der Waals surface area contributed by atoms with Crippen molar-refractivity contribution in [1.82, 2.24) is 0 Å². The van der Waals surface area contributed by atoms with Crippen LogP contribution >= 0.6 is 11.8 Å². The summed E-state index contributed by atoms with van der Waals surface area (Å²) in [4.78, 5) is 0. The average molecular weight is 356 g/mol. The Morgan fingerprint density at radius 1 is 1.12 bits per heavy atom. The maximum Gasteiger partial charge on any atom is 0.180 e. The maximum absolute atomic E-state index is 5.89. The average Bonchev–Trinajstić information content (AvgIpc) is 2.65. The molecule has 132 valence electrons. The first-order valence-corrected chi connectivity index (χ1v) is 9.46. The van der Waals surface area contributed by atoms with Crippen LogP contribution in [0.5, 0.6) is 0 Å². The standard InChI is InChI=1S/C20H25N3OS/c1-2-3-12-24-15-19-11-7-10-18(13-19)14-22-23-20(21)25-16-17-8-5-4-6-9-17/h4-11,13-14H,2-3,12,15-16H2,1H3,(H2,21,23). The SMILES string of the molecule is CCCCOCc1cccc(C=NN=C(N)SCc2ccccc2)c1. The van der Waals surface area contributed by atoms with Gasteiger partial charge in [0.25, 0.3) is 0 Å². The molecule has 2 N–H and O–H groups in total. The minimum absolute atomic E-state index is 0.458. The molecule has 0 atom stereocenters. The van der Waals surface area contributed by atoms with Gasteiger partial charge in [0, 0.05) is 12.4 Å². The predicted molar refractivity (Wildman–Crippen MR) is 108 cm³/mol. The minimum atomic E-state index is 0.458. The minimum Gasteiger partial charge on any atom is -0.377 e. The third-order valence-electron chi connectivity index (χ3n) is 3.45. The number of benzene rings is 2. The Balaban J connectivity index is 1.81. The lowest BCUT2D eigenvalue weighted by Crippen LogP contribution is -2.06. The van der Waals surface area contributed by atoms with Gasteiger partial charge in [-0.2, -0.15) is 5.10 Å². The van der Waals surface area contributed by atoms with E-state index in [-0.39, 0.29) is 0 Å².